The van der Waals surface area contributed by atoms with Crippen molar-refractivity contribution >= 4 is 70.9 Å². The number of carbonyl (C=O) groups is 12. The van der Waals surface area contributed by atoms with Gasteiger partial charge in [-0.05, 0) is 70.4 Å². The van der Waals surface area contributed by atoms with Crippen LogP contribution in [0.3, 0.4) is 0 Å². The van der Waals surface area contributed by atoms with Gasteiger partial charge in [0, 0.05) is 12.3 Å². The Morgan fingerprint density at radius 2 is 1.20 bits per heavy atom. The van der Waals surface area contributed by atoms with Crippen molar-refractivity contribution in [2.24, 2.45) is 23.5 Å². The molecule has 15 N–H and O–H groups in total. The van der Waals surface area contributed by atoms with Crippen molar-refractivity contribution < 1.29 is 72.5 Å². The molecule has 0 radical (unpaired) electrons. The predicted octanol–water partition coefficient (Wildman–Crippen LogP) is -2.85. The average molecular weight is 1170 g/mol. The lowest BCUT2D eigenvalue weighted by Crippen LogP contribution is -2.63. The molecule has 27 heteroatoms. The zero-order valence-electron chi connectivity index (χ0n) is 49.0. The minimum absolute atomic E-state index is 0.0304. The first kappa shape index (κ1) is 69.7. The minimum Gasteiger partial charge on any atom is -0.458 e. The Balaban J connectivity index is 1.81. The number of nitrogens with two attached hydrogens (primary N) is 1. The predicted molar refractivity (Wildman–Crippen MR) is 302 cm³/mol. The minimum atomic E-state index is -1.80. The number of ether oxygens (including phenoxy) is 1. The molecule has 1 aromatic carbocycles. The van der Waals surface area contributed by atoms with Crippen LogP contribution in [0.2, 0.25) is 0 Å². The second-order valence-corrected chi connectivity index (χ2v) is 21.4. The number of esters is 1. The molecule has 15 atom stereocenters. The highest BCUT2D eigenvalue weighted by Crippen LogP contribution is 2.45. The quantitative estimate of drug-likeness (QED) is 0.0263. The fourth-order valence-electron chi connectivity index (χ4n) is 9.19. The van der Waals surface area contributed by atoms with Crippen LogP contribution in [-0.4, -0.2) is 173 Å². The fraction of sp³-hybridized carbons (Fsp3) is 0.643. The number of aliphatic hydroxyl groups excluding tert-OH is 2. The molecule has 1 saturated carbocycles. The van der Waals surface area contributed by atoms with Gasteiger partial charge in [-0.25, -0.2) is 4.79 Å². The van der Waals surface area contributed by atoms with Gasteiger partial charge in [-0.1, -0.05) is 104 Å². The summed E-state index contributed by atoms with van der Waals surface area (Å²) in [6.07, 6.45) is 1.20. The maximum atomic E-state index is 14.1. The van der Waals surface area contributed by atoms with Gasteiger partial charge in [0.05, 0.1) is 19.3 Å². The van der Waals surface area contributed by atoms with Gasteiger partial charge in [-0.2, -0.15) is 0 Å². The summed E-state index contributed by atoms with van der Waals surface area (Å²) in [5.74, 6) is -12.2. The van der Waals surface area contributed by atoms with Gasteiger partial charge >= 0.3 is 5.97 Å². The van der Waals surface area contributed by atoms with Crippen LogP contribution >= 0.6 is 0 Å². The number of likely N-dealkylation sites (N-methyl/N-ethyl adjacent to an activating group) is 1. The average Bonchev–Trinajstić information content (AvgIpc) is 3.32. The number of primary amides is 1. The molecule has 1 saturated heterocycles. The zero-order valence-corrected chi connectivity index (χ0v) is 49.0. The van der Waals surface area contributed by atoms with Gasteiger partial charge in [0.1, 0.15) is 66.0 Å². The lowest BCUT2D eigenvalue weighted by molar-refractivity contribution is -0.157. The highest BCUT2D eigenvalue weighted by atomic mass is 16.5. The number of aliphatic hydroxyl groups is 2. The molecular weight excluding hydrogens is 1080 g/mol. The molecule has 1 aromatic rings. The topological polar surface area (TPSA) is 413 Å². The molecule has 1 heterocycles. The number of nitrogens with one attached hydrogen (secondary N) is 11. The molecule has 1 aliphatic carbocycles. The third-order valence-electron chi connectivity index (χ3n) is 15.0. The van der Waals surface area contributed by atoms with Crippen LogP contribution in [0.5, 0.6) is 0 Å². The molecule has 462 valence electrons. The Morgan fingerprint density at radius 3 is 1.70 bits per heavy atom. The van der Waals surface area contributed by atoms with Gasteiger partial charge in [0.15, 0.2) is 0 Å². The van der Waals surface area contributed by atoms with Crippen LogP contribution < -0.4 is 64.2 Å². The molecule has 1 spiro atoms. The van der Waals surface area contributed by atoms with E-state index in [9.17, 15) is 67.7 Å². The summed E-state index contributed by atoms with van der Waals surface area (Å²) in [4.78, 5) is 164. The Bertz CT molecular complexity index is 2470. The van der Waals surface area contributed by atoms with Crippen LogP contribution in [0, 0.1) is 17.8 Å². The third kappa shape index (κ3) is 20.1. The Labute approximate surface area is 484 Å². The SMILES string of the molecule is C=CC1CC12NC(=O)[C@H](C)NC(=O)[C@H](NC(=O)[C@H](CO)NC(=O)[C@@H](NC(=O)[C@@H](CCC)NC(=O)[C@@H](CCC(N)=O)NC(=O)[C@H](CO)NC(=O)[C@H](CCC)NC(=O)[C@@H](Cc1ccccc1)NC)[C@@H](C)CC)[C@H](C)OC(=O)[C@H]([C@@H](C)CC)NC2=O. The number of carbonyl (C=O) groups excluding carboxylic acids is 12. The van der Waals surface area contributed by atoms with Gasteiger partial charge in [0.2, 0.25) is 65.0 Å². The third-order valence-corrected chi connectivity index (χ3v) is 15.0. The standard InChI is InChI=1S/C56H88N12O15/c1-11-19-35(61-49(76)38(58-10)25-33-21-17-16-18-22-33)46(73)63-39(27-69)50(77)62-37(23-24-41(57)71)47(74)60-36(20-12-2)48(75)65-42(29(6)13-3)52(79)64-40(28-70)51(78)66-44-32(9)83-54(81)43(30(7)14-4)67-55(82)56(26-34(56)15-5)68-45(72)31(8)59-53(44)80/h15-18,21-22,29-32,34-40,42-44,58,69-70H,5,11-14,19-20,23-28H2,1-4,6-10H3,(H2,57,71)(H,59,80)(H,60,74)(H,61,76)(H,62,77)(H,63,73)(H,64,79)(H,65,75)(H,66,78)(H,67,82)(H,68,72)/t29-,30-,31-,32-,34?,35-,36+,37+,38+,39-,40-,42-,43-,44+,56?/m0/s1. The van der Waals surface area contributed by atoms with E-state index in [1.807, 2.05) is 30.3 Å². The lowest BCUT2D eigenvalue weighted by Gasteiger charge is -2.30. The first-order valence-corrected chi connectivity index (χ1v) is 28.4. The Kier molecular flexibility index (Phi) is 28.2. The normalized spacial score (nSPS) is 23.1. The van der Waals surface area contributed by atoms with Gasteiger partial charge in [0.25, 0.3) is 0 Å². The summed E-state index contributed by atoms with van der Waals surface area (Å²) >= 11 is 0. The van der Waals surface area contributed by atoms with E-state index in [2.05, 4.69) is 65.1 Å². The van der Waals surface area contributed by atoms with Crippen LogP contribution in [0.4, 0.5) is 0 Å². The molecular formula is C56H88N12O15. The Hall–Kier alpha value is -7.52. The molecule has 0 aromatic heterocycles. The second-order valence-electron chi connectivity index (χ2n) is 21.4. The van der Waals surface area contributed by atoms with Gasteiger partial charge in [-0.15, -0.1) is 6.58 Å². The van der Waals surface area contributed by atoms with Crippen molar-refractivity contribution in [3.05, 3.63) is 48.6 Å². The monoisotopic (exact) mass is 1170 g/mol. The van der Waals surface area contributed by atoms with E-state index in [0.29, 0.717) is 19.3 Å². The number of amides is 11. The maximum absolute atomic E-state index is 14.1. The smallest absolute Gasteiger partial charge is 0.329 e. The molecule has 11 amide bonds. The van der Waals surface area contributed by atoms with E-state index in [-0.39, 0.29) is 32.1 Å². The number of cyclic esters (lactones) is 1. The number of hydrogen-bond donors (Lipinski definition) is 14. The summed E-state index contributed by atoms with van der Waals surface area (Å²) in [5.41, 5.74) is 4.82. The van der Waals surface area contributed by atoms with Crippen LogP contribution in [0.25, 0.3) is 0 Å². The number of hydrogen-bond acceptors (Lipinski definition) is 16. The molecule has 0 bridgehead atoms. The number of rotatable bonds is 31. The lowest BCUT2D eigenvalue weighted by atomic mass is 9.97. The van der Waals surface area contributed by atoms with E-state index < -0.39 is 187 Å². The summed E-state index contributed by atoms with van der Waals surface area (Å²) in [6, 6.07) is -4.84. The fourth-order valence-corrected chi connectivity index (χ4v) is 9.19. The summed E-state index contributed by atoms with van der Waals surface area (Å²) in [7, 11) is 1.59. The van der Waals surface area contributed by atoms with Crippen LogP contribution in [0.15, 0.2) is 43.0 Å². The van der Waals surface area contributed by atoms with Crippen molar-refractivity contribution in [3.8, 4) is 0 Å². The zero-order chi connectivity index (χ0) is 62.3. The van der Waals surface area contributed by atoms with Crippen molar-refractivity contribution in [2.45, 2.75) is 192 Å². The number of benzene rings is 1. The van der Waals surface area contributed by atoms with Crippen molar-refractivity contribution in [3.63, 3.8) is 0 Å². The van der Waals surface area contributed by atoms with Gasteiger partial charge < -0.3 is 79.2 Å². The molecule has 27 nitrogen and oxygen atoms in total. The molecule has 2 aliphatic rings. The molecule has 2 fully saturated rings. The first-order valence-electron chi connectivity index (χ1n) is 28.4. The molecule has 3 rings (SSSR count). The summed E-state index contributed by atoms with van der Waals surface area (Å²) < 4.78 is 5.70. The van der Waals surface area contributed by atoms with Crippen LogP contribution in [-0.2, 0) is 68.7 Å². The van der Waals surface area contributed by atoms with E-state index in [0.717, 1.165) is 5.56 Å². The Morgan fingerprint density at radius 1 is 0.699 bits per heavy atom. The van der Waals surface area contributed by atoms with Crippen LogP contribution in [0.1, 0.15) is 119 Å². The molecule has 1 aliphatic heterocycles. The maximum Gasteiger partial charge on any atom is 0.329 e. The van der Waals surface area contributed by atoms with Crippen molar-refractivity contribution in [1.82, 2.24) is 58.5 Å². The van der Waals surface area contributed by atoms with Crippen molar-refractivity contribution in [1.29, 1.82) is 0 Å². The van der Waals surface area contributed by atoms with Crippen molar-refractivity contribution in [2.75, 3.05) is 20.3 Å². The van der Waals surface area contributed by atoms with E-state index in [1.165, 1.54) is 19.9 Å². The summed E-state index contributed by atoms with van der Waals surface area (Å²) in [6.45, 7) is 14.6. The summed E-state index contributed by atoms with van der Waals surface area (Å²) in [5, 5.41) is 49.0. The van der Waals surface area contributed by atoms with Gasteiger partial charge in [-0.3, -0.25) is 52.7 Å². The highest BCUT2D eigenvalue weighted by molar-refractivity contribution is 6.01. The van der Waals surface area contributed by atoms with E-state index in [4.69, 9.17) is 10.5 Å². The molecule has 83 heavy (non-hydrogen) atoms. The van der Waals surface area contributed by atoms with E-state index in [1.54, 1.807) is 48.6 Å². The second kappa shape index (κ2) is 33.6. The van der Waals surface area contributed by atoms with E-state index >= 15 is 0 Å². The first-order chi connectivity index (χ1) is 39.3. The largest absolute Gasteiger partial charge is 0.458 e. The highest BCUT2D eigenvalue weighted by Gasteiger charge is 2.61. The molecule has 2 unspecified atom stereocenters.